The van der Waals surface area contributed by atoms with E-state index in [1.807, 2.05) is 0 Å². The van der Waals surface area contributed by atoms with Gasteiger partial charge < -0.3 is 10.7 Å². The number of aromatic nitrogens is 1. The van der Waals surface area contributed by atoms with Gasteiger partial charge in [0.05, 0.1) is 6.54 Å². The number of anilines is 1. The van der Waals surface area contributed by atoms with Crippen LogP contribution < -0.4 is 21.3 Å². The first-order valence-electron chi connectivity index (χ1n) is 5.57. The SMILES string of the molecule is CC(C)NC(=O)CNS(=O)(=O)c1ccc(NN)nc1. The van der Waals surface area contributed by atoms with Crippen LogP contribution in [0.25, 0.3) is 0 Å². The van der Waals surface area contributed by atoms with Crippen LogP contribution in [0.1, 0.15) is 13.8 Å². The minimum Gasteiger partial charge on any atom is -0.353 e. The highest BCUT2D eigenvalue weighted by atomic mass is 32.2. The summed E-state index contributed by atoms with van der Waals surface area (Å²) in [4.78, 5) is 15.1. The van der Waals surface area contributed by atoms with Crippen LogP contribution in [-0.2, 0) is 14.8 Å². The van der Waals surface area contributed by atoms with E-state index in [-0.39, 0.29) is 17.5 Å². The van der Waals surface area contributed by atoms with Gasteiger partial charge >= 0.3 is 0 Å². The van der Waals surface area contributed by atoms with Crippen LogP contribution in [0.4, 0.5) is 5.82 Å². The fraction of sp³-hybridized carbons (Fsp3) is 0.400. The Hall–Kier alpha value is -1.71. The molecule has 0 radical (unpaired) electrons. The molecule has 0 aliphatic rings. The molecule has 0 aliphatic carbocycles. The lowest BCUT2D eigenvalue weighted by atomic mass is 10.4. The number of carbonyl (C=O) groups excluding carboxylic acids is 1. The van der Waals surface area contributed by atoms with E-state index in [4.69, 9.17) is 5.84 Å². The molecule has 106 valence electrons. The van der Waals surface area contributed by atoms with Crippen molar-refractivity contribution in [3.63, 3.8) is 0 Å². The molecular weight excluding hydrogens is 270 g/mol. The maximum Gasteiger partial charge on any atom is 0.242 e. The van der Waals surface area contributed by atoms with E-state index in [2.05, 4.69) is 20.4 Å². The molecule has 8 nitrogen and oxygen atoms in total. The van der Waals surface area contributed by atoms with Gasteiger partial charge in [-0.05, 0) is 26.0 Å². The Morgan fingerprint density at radius 1 is 1.42 bits per heavy atom. The van der Waals surface area contributed by atoms with Gasteiger partial charge in [0.25, 0.3) is 0 Å². The summed E-state index contributed by atoms with van der Waals surface area (Å²) in [5.74, 6) is 5.07. The number of sulfonamides is 1. The van der Waals surface area contributed by atoms with Gasteiger partial charge in [-0.2, -0.15) is 0 Å². The molecule has 1 amide bonds. The Kier molecular flexibility index (Phi) is 5.21. The molecule has 0 aromatic carbocycles. The first kappa shape index (κ1) is 15.3. The standard InChI is InChI=1S/C10H17N5O3S/c1-7(2)14-10(16)6-13-19(17,18)8-3-4-9(15-11)12-5-8/h3-5,7,13H,6,11H2,1-2H3,(H,12,15)(H,14,16). The second kappa shape index (κ2) is 6.45. The molecule has 1 aromatic rings. The number of hydrogen-bond acceptors (Lipinski definition) is 6. The first-order chi connectivity index (χ1) is 8.85. The zero-order valence-electron chi connectivity index (χ0n) is 10.7. The van der Waals surface area contributed by atoms with Gasteiger partial charge in [0.15, 0.2) is 0 Å². The molecule has 1 aromatic heterocycles. The van der Waals surface area contributed by atoms with Crippen molar-refractivity contribution >= 4 is 21.7 Å². The van der Waals surface area contributed by atoms with E-state index < -0.39 is 15.9 Å². The molecule has 0 saturated carbocycles. The third-order valence-electron chi connectivity index (χ3n) is 2.07. The topological polar surface area (TPSA) is 126 Å². The minimum atomic E-state index is -3.76. The molecule has 0 aliphatic heterocycles. The molecule has 5 N–H and O–H groups in total. The highest BCUT2D eigenvalue weighted by molar-refractivity contribution is 7.89. The molecule has 9 heteroatoms. The number of amides is 1. The quantitative estimate of drug-likeness (QED) is 0.399. The summed E-state index contributed by atoms with van der Waals surface area (Å²) in [6.07, 6.45) is 1.15. The van der Waals surface area contributed by atoms with Crippen molar-refractivity contribution in [3.05, 3.63) is 18.3 Å². The van der Waals surface area contributed by atoms with E-state index >= 15 is 0 Å². The predicted octanol–water partition coefficient (Wildman–Crippen LogP) is -0.830. The van der Waals surface area contributed by atoms with Gasteiger partial charge in [0.2, 0.25) is 15.9 Å². The van der Waals surface area contributed by atoms with E-state index in [9.17, 15) is 13.2 Å². The molecular formula is C10H17N5O3S. The number of hydrogen-bond donors (Lipinski definition) is 4. The minimum absolute atomic E-state index is 0.0381. The highest BCUT2D eigenvalue weighted by Crippen LogP contribution is 2.09. The average Bonchev–Trinajstić information content (AvgIpc) is 2.36. The zero-order chi connectivity index (χ0) is 14.5. The Labute approximate surface area is 111 Å². The summed E-state index contributed by atoms with van der Waals surface area (Å²) in [7, 11) is -3.76. The molecule has 0 bridgehead atoms. The molecule has 1 heterocycles. The molecule has 0 fully saturated rings. The Morgan fingerprint density at radius 3 is 2.58 bits per heavy atom. The van der Waals surface area contributed by atoms with E-state index in [1.165, 1.54) is 12.1 Å². The van der Waals surface area contributed by atoms with Crippen molar-refractivity contribution in [2.24, 2.45) is 5.84 Å². The Balaban J connectivity index is 2.67. The number of nitrogens with zero attached hydrogens (tertiary/aromatic N) is 1. The summed E-state index contributed by atoms with van der Waals surface area (Å²) in [5, 5.41) is 2.58. The number of rotatable bonds is 6. The largest absolute Gasteiger partial charge is 0.353 e. The fourth-order valence-corrected chi connectivity index (χ4v) is 2.17. The first-order valence-corrected chi connectivity index (χ1v) is 7.05. The predicted molar refractivity (Wildman–Crippen MR) is 70.5 cm³/mol. The van der Waals surface area contributed by atoms with Crippen LogP contribution in [0.2, 0.25) is 0 Å². The van der Waals surface area contributed by atoms with Crippen molar-refractivity contribution in [1.29, 1.82) is 0 Å². The number of pyridine rings is 1. The third kappa shape index (κ3) is 4.81. The molecule has 19 heavy (non-hydrogen) atoms. The molecule has 0 unspecified atom stereocenters. The maximum atomic E-state index is 11.8. The Bertz CT molecular complexity index is 527. The van der Waals surface area contributed by atoms with Gasteiger partial charge in [-0.25, -0.2) is 24.0 Å². The Morgan fingerprint density at radius 2 is 2.11 bits per heavy atom. The molecule has 0 saturated heterocycles. The number of nitrogens with two attached hydrogens (primary N) is 1. The van der Waals surface area contributed by atoms with Crippen LogP contribution in [0, 0.1) is 0 Å². The van der Waals surface area contributed by atoms with E-state index in [0.717, 1.165) is 6.20 Å². The second-order valence-corrected chi connectivity index (χ2v) is 5.84. The summed E-state index contributed by atoms with van der Waals surface area (Å²) in [6, 6.07) is 2.71. The van der Waals surface area contributed by atoms with Crippen molar-refractivity contribution in [2.75, 3.05) is 12.0 Å². The number of nitrogen functional groups attached to an aromatic ring is 1. The summed E-state index contributed by atoms with van der Waals surface area (Å²) in [5.41, 5.74) is 2.29. The van der Waals surface area contributed by atoms with Crippen LogP contribution >= 0.6 is 0 Å². The van der Waals surface area contributed by atoms with E-state index in [0.29, 0.717) is 5.82 Å². The summed E-state index contributed by atoms with van der Waals surface area (Å²) in [6.45, 7) is 3.25. The van der Waals surface area contributed by atoms with Crippen molar-refractivity contribution in [3.8, 4) is 0 Å². The van der Waals surface area contributed by atoms with E-state index in [1.54, 1.807) is 13.8 Å². The zero-order valence-corrected chi connectivity index (χ0v) is 11.5. The van der Waals surface area contributed by atoms with Crippen LogP contribution in [-0.4, -0.2) is 31.9 Å². The molecule has 0 atom stereocenters. The summed E-state index contributed by atoms with van der Waals surface area (Å²) < 4.78 is 25.9. The second-order valence-electron chi connectivity index (χ2n) is 4.07. The molecule has 1 rings (SSSR count). The smallest absolute Gasteiger partial charge is 0.242 e. The van der Waals surface area contributed by atoms with Gasteiger partial charge in [-0.1, -0.05) is 0 Å². The lowest BCUT2D eigenvalue weighted by Gasteiger charge is -2.10. The lowest BCUT2D eigenvalue weighted by Crippen LogP contribution is -2.39. The van der Waals surface area contributed by atoms with Gasteiger partial charge in [-0.3, -0.25) is 4.79 Å². The van der Waals surface area contributed by atoms with Crippen LogP contribution in [0.15, 0.2) is 23.2 Å². The highest BCUT2D eigenvalue weighted by Gasteiger charge is 2.16. The molecule has 0 spiro atoms. The number of carbonyl (C=O) groups is 1. The number of hydrazine groups is 1. The van der Waals surface area contributed by atoms with Crippen LogP contribution in [0.3, 0.4) is 0 Å². The van der Waals surface area contributed by atoms with Crippen molar-refractivity contribution in [1.82, 2.24) is 15.0 Å². The summed E-state index contributed by atoms with van der Waals surface area (Å²) >= 11 is 0. The van der Waals surface area contributed by atoms with Crippen LogP contribution in [0.5, 0.6) is 0 Å². The number of nitrogens with one attached hydrogen (secondary N) is 3. The van der Waals surface area contributed by atoms with Crippen molar-refractivity contribution < 1.29 is 13.2 Å². The van der Waals surface area contributed by atoms with Gasteiger partial charge in [0.1, 0.15) is 10.7 Å². The average molecular weight is 287 g/mol. The third-order valence-corrected chi connectivity index (χ3v) is 3.45. The van der Waals surface area contributed by atoms with Crippen molar-refractivity contribution in [2.45, 2.75) is 24.8 Å². The van der Waals surface area contributed by atoms with Gasteiger partial charge in [0, 0.05) is 12.2 Å². The normalized spacial score (nSPS) is 11.4. The monoisotopic (exact) mass is 287 g/mol. The van der Waals surface area contributed by atoms with Gasteiger partial charge in [-0.15, -0.1) is 0 Å². The fourth-order valence-electron chi connectivity index (χ4n) is 1.24. The lowest BCUT2D eigenvalue weighted by molar-refractivity contribution is -0.120. The maximum absolute atomic E-state index is 11.8.